The number of hydrogen-bond acceptors (Lipinski definition) is 2. The average Bonchev–Trinajstić information content (AvgIpc) is 2.69. The summed E-state index contributed by atoms with van der Waals surface area (Å²) in [6, 6.07) is 7.34. The van der Waals surface area contributed by atoms with Gasteiger partial charge in [-0.2, -0.15) is 26.3 Å². The average molecular weight is 549 g/mol. The SMILES string of the molecule is CC(c1ccc(C(CCCCBr)S(=O)(=O)c2ccc(F)cc2)cc1)(C(F)(F)F)C(F)(F)F. The van der Waals surface area contributed by atoms with Crippen LogP contribution in [0.25, 0.3) is 0 Å². The minimum atomic E-state index is -5.61. The lowest BCUT2D eigenvalue weighted by Crippen LogP contribution is -2.51. The van der Waals surface area contributed by atoms with E-state index in [0.29, 0.717) is 30.3 Å². The summed E-state index contributed by atoms with van der Waals surface area (Å²) in [5.74, 6) is -0.650. The van der Waals surface area contributed by atoms with E-state index in [1.54, 1.807) is 0 Å². The molecule has 0 bridgehead atoms. The van der Waals surface area contributed by atoms with Crippen molar-refractivity contribution in [3.63, 3.8) is 0 Å². The zero-order valence-corrected chi connectivity index (χ0v) is 19.2. The summed E-state index contributed by atoms with van der Waals surface area (Å²) < 4.78 is 120. The van der Waals surface area contributed by atoms with Gasteiger partial charge in [-0.1, -0.05) is 46.6 Å². The van der Waals surface area contributed by atoms with Crippen LogP contribution in [0.3, 0.4) is 0 Å². The van der Waals surface area contributed by atoms with Gasteiger partial charge in [-0.25, -0.2) is 12.8 Å². The highest BCUT2D eigenvalue weighted by molar-refractivity contribution is 9.09. The fraction of sp³-hybridized carbons (Fsp3) is 0.429. The van der Waals surface area contributed by atoms with Crippen LogP contribution in [0.5, 0.6) is 0 Å². The number of alkyl halides is 7. The zero-order chi connectivity index (χ0) is 24.4. The Morgan fingerprint density at radius 3 is 1.78 bits per heavy atom. The van der Waals surface area contributed by atoms with Crippen molar-refractivity contribution in [2.24, 2.45) is 0 Å². The summed E-state index contributed by atoms with van der Waals surface area (Å²) in [6.07, 6.45) is -10.1. The molecule has 0 spiro atoms. The van der Waals surface area contributed by atoms with Gasteiger partial charge in [-0.3, -0.25) is 0 Å². The minimum Gasteiger partial charge on any atom is -0.223 e. The summed E-state index contributed by atoms with van der Waals surface area (Å²) in [6.45, 7) is 0.0464. The molecule has 0 aliphatic carbocycles. The first-order valence-electron chi connectivity index (χ1n) is 9.45. The molecule has 0 saturated carbocycles. The van der Waals surface area contributed by atoms with E-state index in [9.17, 15) is 39.2 Å². The molecule has 0 amide bonds. The van der Waals surface area contributed by atoms with Crippen molar-refractivity contribution in [2.45, 2.75) is 54.1 Å². The quantitative estimate of drug-likeness (QED) is 0.150. The molecule has 2 aromatic carbocycles. The van der Waals surface area contributed by atoms with Gasteiger partial charge in [-0.05, 0) is 55.2 Å². The molecule has 1 unspecified atom stereocenters. The van der Waals surface area contributed by atoms with Crippen LogP contribution in [0.2, 0.25) is 0 Å². The van der Waals surface area contributed by atoms with Crippen molar-refractivity contribution in [3.05, 3.63) is 65.5 Å². The van der Waals surface area contributed by atoms with E-state index in [1.807, 2.05) is 0 Å². The molecule has 0 radical (unpaired) electrons. The van der Waals surface area contributed by atoms with E-state index < -0.39 is 44.2 Å². The highest BCUT2D eigenvalue weighted by Gasteiger charge is 2.68. The maximum atomic E-state index is 13.3. The highest BCUT2D eigenvalue weighted by atomic mass is 79.9. The van der Waals surface area contributed by atoms with Gasteiger partial charge in [0.2, 0.25) is 0 Å². The van der Waals surface area contributed by atoms with Crippen LogP contribution < -0.4 is 0 Å². The smallest absolute Gasteiger partial charge is 0.223 e. The maximum absolute atomic E-state index is 13.3. The molecule has 0 aromatic heterocycles. The Bertz CT molecular complexity index is 984. The maximum Gasteiger partial charge on any atom is 0.406 e. The second kappa shape index (κ2) is 9.70. The van der Waals surface area contributed by atoms with E-state index >= 15 is 0 Å². The van der Waals surface area contributed by atoms with Crippen LogP contribution in [0, 0.1) is 5.82 Å². The molecule has 0 heterocycles. The Labute approximate surface area is 189 Å². The normalized spacial score (nSPS) is 14.4. The molecule has 0 saturated heterocycles. The van der Waals surface area contributed by atoms with Gasteiger partial charge in [0.1, 0.15) is 5.82 Å². The molecule has 2 nitrogen and oxygen atoms in total. The Kier molecular flexibility index (Phi) is 8.08. The number of unbranched alkanes of at least 4 members (excludes halogenated alkanes) is 1. The van der Waals surface area contributed by atoms with Crippen molar-refractivity contribution in [1.82, 2.24) is 0 Å². The Balaban J connectivity index is 2.53. The Hall–Kier alpha value is -1.62. The lowest BCUT2D eigenvalue weighted by atomic mass is 9.80. The molecule has 0 fully saturated rings. The first-order valence-corrected chi connectivity index (χ1v) is 12.1. The van der Waals surface area contributed by atoms with Crippen molar-refractivity contribution in [1.29, 1.82) is 0 Å². The van der Waals surface area contributed by atoms with Crippen molar-refractivity contribution in [2.75, 3.05) is 5.33 Å². The van der Waals surface area contributed by atoms with Crippen molar-refractivity contribution in [3.8, 4) is 0 Å². The molecular weight excluding hydrogens is 529 g/mol. The summed E-state index contributed by atoms with van der Waals surface area (Å²) in [7, 11) is -4.08. The second-order valence-electron chi connectivity index (χ2n) is 7.41. The largest absolute Gasteiger partial charge is 0.406 e. The lowest BCUT2D eigenvalue weighted by molar-refractivity contribution is -0.297. The van der Waals surface area contributed by atoms with Crippen LogP contribution in [0.4, 0.5) is 30.7 Å². The summed E-state index contributed by atoms with van der Waals surface area (Å²) in [5.41, 5.74) is -5.10. The number of sulfone groups is 1. The van der Waals surface area contributed by atoms with Gasteiger partial charge < -0.3 is 0 Å². The molecular formula is C21H20BrF7O2S. The topological polar surface area (TPSA) is 34.1 Å². The molecule has 178 valence electrons. The van der Waals surface area contributed by atoms with Crippen LogP contribution in [-0.2, 0) is 15.3 Å². The van der Waals surface area contributed by atoms with E-state index in [1.165, 1.54) is 0 Å². The van der Waals surface area contributed by atoms with Gasteiger partial charge in [-0.15, -0.1) is 0 Å². The standard InChI is InChI=1S/C21H20BrF7O2S/c1-19(20(24,25)26,21(27,28)29)15-7-5-14(6-8-15)18(4-2-3-13-22)32(30,31)17-11-9-16(23)10-12-17/h5-12,18H,2-4,13H2,1H3. The number of rotatable bonds is 8. The van der Waals surface area contributed by atoms with Gasteiger partial charge >= 0.3 is 12.4 Å². The fourth-order valence-corrected chi connectivity index (χ4v) is 5.47. The van der Waals surface area contributed by atoms with E-state index in [4.69, 9.17) is 0 Å². The van der Waals surface area contributed by atoms with Crippen LogP contribution >= 0.6 is 15.9 Å². The second-order valence-corrected chi connectivity index (χ2v) is 10.3. The number of halogens is 8. The van der Waals surface area contributed by atoms with E-state index in [0.717, 1.165) is 36.4 Å². The Morgan fingerprint density at radius 2 is 1.34 bits per heavy atom. The molecule has 0 aliphatic heterocycles. The fourth-order valence-electron chi connectivity index (χ4n) is 3.23. The molecule has 0 N–H and O–H groups in total. The zero-order valence-electron chi connectivity index (χ0n) is 16.8. The minimum absolute atomic E-state index is 0.0464. The number of hydrogen-bond donors (Lipinski definition) is 0. The van der Waals surface area contributed by atoms with Gasteiger partial charge in [0.25, 0.3) is 0 Å². The predicted molar refractivity (Wildman–Crippen MR) is 110 cm³/mol. The van der Waals surface area contributed by atoms with Gasteiger partial charge in [0, 0.05) is 5.33 Å². The molecule has 2 rings (SSSR count). The molecule has 2 aromatic rings. The highest BCUT2D eigenvalue weighted by Crippen LogP contribution is 2.52. The summed E-state index contributed by atoms with van der Waals surface area (Å²) in [4.78, 5) is -0.192. The molecule has 32 heavy (non-hydrogen) atoms. The molecule has 11 heteroatoms. The predicted octanol–water partition coefficient (Wildman–Crippen LogP) is 7.29. The third-order valence-corrected chi connectivity index (χ3v) is 8.11. The van der Waals surface area contributed by atoms with Crippen molar-refractivity contribution >= 4 is 25.8 Å². The third-order valence-electron chi connectivity index (χ3n) is 5.36. The summed E-state index contributed by atoms with van der Waals surface area (Å²) >= 11 is 3.22. The van der Waals surface area contributed by atoms with Gasteiger partial charge in [0.05, 0.1) is 10.1 Å². The molecule has 0 aliphatic rings. The monoisotopic (exact) mass is 548 g/mol. The van der Waals surface area contributed by atoms with E-state index in [2.05, 4.69) is 15.9 Å². The molecule has 1 atom stereocenters. The Morgan fingerprint density at radius 1 is 0.844 bits per heavy atom. The first-order chi connectivity index (χ1) is 14.7. The van der Waals surface area contributed by atoms with Gasteiger partial charge in [0.15, 0.2) is 15.3 Å². The first kappa shape index (κ1) is 26.6. The number of benzene rings is 2. The van der Waals surface area contributed by atoms with Crippen molar-refractivity contribution < 1.29 is 39.2 Å². The van der Waals surface area contributed by atoms with E-state index in [-0.39, 0.29) is 23.8 Å². The lowest BCUT2D eigenvalue weighted by Gasteiger charge is -2.34. The third kappa shape index (κ3) is 5.30. The summed E-state index contributed by atoms with van der Waals surface area (Å²) in [5, 5.41) is -0.630. The van der Waals surface area contributed by atoms with Crippen LogP contribution in [0.15, 0.2) is 53.4 Å². The van der Waals surface area contributed by atoms with Crippen LogP contribution in [-0.4, -0.2) is 26.1 Å². The van der Waals surface area contributed by atoms with Crippen LogP contribution in [0.1, 0.15) is 42.6 Å².